The van der Waals surface area contributed by atoms with Crippen LogP contribution in [0, 0.1) is 0 Å². The number of sulfonamides is 1. The number of benzene rings is 1. The van der Waals surface area contributed by atoms with Crippen LogP contribution in [-0.2, 0) is 16.6 Å². The predicted molar refractivity (Wildman–Crippen MR) is 104 cm³/mol. The fourth-order valence-electron chi connectivity index (χ4n) is 3.12. The van der Waals surface area contributed by atoms with E-state index in [0.717, 1.165) is 19.3 Å². The standard InChI is InChI=1S/C19H24N4O4S/c24-18-6-4-12-21-23(18)15-5-11-20-19(25)16-7-9-17(10-8-16)28(26,27)22-13-2-1-3-14-22/h4,6-10,12H,1-3,5,11,13-15H2,(H,20,25). The lowest BCUT2D eigenvalue weighted by Crippen LogP contribution is -2.35. The van der Waals surface area contributed by atoms with Crippen LogP contribution in [0.2, 0.25) is 0 Å². The molecule has 1 aliphatic heterocycles. The first-order valence-electron chi connectivity index (χ1n) is 9.39. The minimum atomic E-state index is -3.50. The molecule has 0 aliphatic carbocycles. The number of amides is 1. The van der Waals surface area contributed by atoms with Gasteiger partial charge < -0.3 is 5.32 Å². The van der Waals surface area contributed by atoms with Gasteiger partial charge in [-0.1, -0.05) is 6.42 Å². The molecule has 0 spiro atoms. The van der Waals surface area contributed by atoms with Crippen LogP contribution in [0.4, 0.5) is 0 Å². The van der Waals surface area contributed by atoms with Crippen molar-refractivity contribution in [3.8, 4) is 0 Å². The molecule has 1 aromatic carbocycles. The van der Waals surface area contributed by atoms with Gasteiger partial charge in [0.25, 0.3) is 11.5 Å². The minimum Gasteiger partial charge on any atom is -0.352 e. The topological polar surface area (TPSA) is 101 Å². The molecule has 0 radical (unpaired) electrons. The van der Waals surface area contributed by atoms with Gasteiger partial charge in [-0.05, 0) is 49.6 Å². The van der Waals surface area contributed by atoms with Crippen molar-refractivity contribution in [3.05, 3.63) is 58.5 Å². The third kappa shape index (κ3) is 4.85. The van der Waals surface area contributed by atoms with Gasteiger partial charge in [-0.2, -0.15) is 9.40 Å². The smallest absolute Gasteiger partial charge is 0.266 e. The highest BCUT2D eigenvalue weighted by molar-refractivity contribution is 7.89. The lowest BCUT2D eigenvalue weighted by Gasteiger charge is -2.25. The second-order valence-corrected chi connectivity index (χ2v) is 8.62. The molecular formula is C19H24N4O4S. The Kier molecular flexibility index (Phi) is 6.58. The summed E-state index contributed by atoms with van der Waals surface area (Å²) in [5.74, 6) is -0.282. The van der Waals surface area contributed by atoms with Crippen molar-refractivity contribution in [1.82, 2.24) is 19.4 Å². The molecule has 0 bridgehead atoms. The van der Waals surface area contributed by atoms with Crippen LogP contribution in [0.1, 0.15) is 36.0 Å². The first-order chi connectivity index (χ1) is 13.5. The molecule has 9 heteroatoms. The summed E-state index contributed by atoms with van der Waals surface area (Å²) in [6, 6.07) is 9.02. The van der Waals surface area contributed by atoms with Gasteiger partial charge in [0.1, 0.15) is 0 Å². The van der Waals surface area contributed by atoms with Crippen molar-refractivity contribution < 1.29 is 13.2 Å². The van der Waals surface area contributed by atoms with E-state index in [2.05, 4.69) is 10.4 Å². The van der Waals surface area contributed by atoms with E-state index >= 15 is 0 Å². The minimum absolute atomic E-state index is 0.181. The monoisotopic (exact) mass is 404 g/mol. The molecule has 1 amide bonds. The Morgan fingerprint density at radius 2 is 1.79 bits per heavy atom. The maximum atomic E-state index is 12.6. The Bertz CT molecular complexity index is 964. The van der Waals surface area contributed by atoms with Crippen LogP contribution in [-0.4, -0.2) is 48.0 Å². The number of hydrogen-bond acceptors (Lipinski definition) is 5. The van der Waals surface area contributed by atoms with Gasteiger partial charge >= 0.3 is 0 Å². The molecule has 150 valence electrons. The number of nitrogens with one attached hydrogen (secondary N) is 1. The second-order valence-electron chi connectivity index (χ2n) is 6.68. The zero-order valence-electron chi connectivity index (χ0n) is 15.6. The van der Waals surface area contributed by atoms with Gasteiger partial charge in [0, 0.05) is 44.0 Å². The summed E-state index contributed by atoms with van der Waals surface area (Å²) in [4.78, 5) is 24.0. The number of carbonyl (C=O) groups excluding carboxylic acids is 1. The molecular weight excluding hydrogens is 380 g/mol. The van der Waals surface area contributed by atoms with E-state index in [4.69, 9.17) is 0 Å². The third-order valence-corrected chi connectivity index (χ3v) is 6.60. The van der Waals surface area contributed by atoms with Crippen LogP contribution in [0.25, 0.3) is 0 Å². The van der Waals surface area contributed by atoms with Crippen LogP contribution < -0.4 is 10.9 Å². The highest BCUT2D eigenvalue weighted by Crippen LogP contribution is 2.20. The summed E-state index contributed by atoms with van der Waals surface area (Å²) in [6.45, 7) is 1.89. The Morgan fingerprint density at radius 3 is 2.46 bits per heavy atom. The van der Waals surface area contributed by atoms with E-state index < -0.39 is 10.0 Å². The molecule has 2 aromatic rings. The molecule has 0 unspecified atom stereocenters. The third-order valence-electron chi connectivity index (χ3n) is 4.69. The summed E-state index contributed by atoms with van der Waals surface area (Å²) in [6.07, 6.45) is 4.92. The number of aryl methyl sites for hydroxylation is 1. The average molecular weight is 404 g/mol. The summed E-state index contributed by atoms with van der Waals surface area (Å²) < 4.78 is 28.1. The molecule has 1 fully saturated rings. The van der Waals surface area contributed by atoms with E-state index in [1.54, 1.807) is 12.3 Å². The predicted octanol–water partition coefficient (Wildman–Crippen LogP) is 1.24. The molecule has 1 aromatic heterocycles. The lowest BCUT2D eigenvalue weighted by atomic mass is 10.2. The van der Waals surface area contributed by atoms with Gasteiger partial charge in [-0.15, -0.1) is 0 Å². The van der Waals surface area contributed by atoms with Crippen molar-refractivity contribution in [2.75, 3.05) is 19.6 Å². The van der Waals surface area contributed by atoms with Crippen molar-refractivity contribution in [2.45, 2.75) is 37.1 Å². The summed E-state index contributed by atoms with van der Waals surface area (Å²) in [7, 11) is -3.50. The number of hydrogen-bond donors (Lipinski definition) is 1. The number of carbonyl (C=O) groups is 1. The van der Waals surface area contributed by atoms with E-state index in [1.807, 2.05) is 0 Å². The molecule has 2 heterocycles. The summed E-state index contributed by atoms with van der Waals surface area (Å²) in [5.41, 5.74) is 0.215. The molecule has 1 N–H and O–H groups in total. The highest BCUT2D eigenvalue weighted by Gasteiger charge is 2.25. The zero-order chi connectivity index (χ0) is 20.0. The maximum Gasteiger partial charge on any atom is 0.266 e. The average Bonchev–Trinajstić information content (AvgIpc) is 2.73. The van der Waals surface area contributed by atoms with Crippen LogP contribution in [0.3, 0.4) is 0 Å². The Labute approximate surface area is 164 Å². The van der Waals surface area contributed by atoms with E-state index in [-0.39, 0.29) is 16.4 Å². The largest absolute Gasteiger partial charge is 0.352 e. The van der Waals surface area contributed by atoms with E-state index in [9.17, 15) is 18.0 Å². The van der Waals surface area contributed by atoms with Crippen molar-refractivity contribution in [3.63, 3.8) is 0 Å². The molecule has 8 nitrogen and oxygen atoms in total. The first-order valence-corrected chi connectivity index (χ1v) is 10.8. The molecule has 0 atom stereocenters. The lowest BCUT2D eigenvalue weighted by molar-refractivity contribution is 0.0952. The molecule has 3 rings (SSSR count). The quantitative estimate of drug-likeness (QED) is 0.700. The number of piperidine rings is 1. The maximum absolute atomic E-state index is 12.6. The van der Waals surface area contributed by atoms with Crippen LogP contribution in [0.5, 0.6) is 0 Å². The molecule has 1 aliphatic rings. The Morgan fingerprint density at radius 1 is 1.07 bits per heavy atom. The molecule has 1 saturated heterocycles. The van der Waals surface area contributed by atoms with Gasteiger partial charge in [0.15, 0.2) is 0 Å². The first kappa shape index (κ1) is 20.2. The molecule has 0 saturated carbocycles. The molecule has 28 heavy (non-hydrogen) atoms. The number of nitrogens with zero attached hydrogens (tertiary/aromatic N) is 3. The Balaban J connectivity index is 1.53. The van der Waals surface area contributed by atoms with Crippen molar-refractivity contribution in [1.29, 1.82) is 0 Å². The fraction of sp³-hybridized carbons (Fsp3) is 0.421. The second kappa shape index (κ2) is 9.11. The number of aromatic nitrogens is 2. The summed E-state index contributed by atoms with van der Waals surface area (Å²) >= 11 is 0. The van der Waals surface area contributed by atoms with Gasteiger partial charge in [0.2, 0.25) is 10.0 Å². The van der Waals surface area contributed by atoms with Crippen molar-refractivity contribution in [2.24, 2.45) is 0 Å². The Hall–Kier alpha value is -2.52. The van der Waals surface area contributed by atoms with Gasteiger partial charge in [-0.25, -0.2) is 13.1 Å². The zero-order valence-corrected chi connectivity index (χ0v) is 16.4. The van der Waals surface area contributed by atoms with Crippen molar-refractivity contribution >= 4 is 15.9 Å². The van der Waals surface area contributed by atoms with E-state index in [1.165, 1.54) is 39.3 Å². The number of rotatable bonds is 7. The SMILES string of the molecule is O=C(NCCCn1ncccc1=O)c1ccc(S(=O)(=O)N2CCCCC2)cc1. The highest BCUT2D eigenvalue weighted by atomic mass is 32.2. The fourth-order valence-corrected chi connectivity index (χ4v) is 4.64. The van der Waals surface area contributed by atoms with Crippen LogP contribution >= 0.6 is 0 Å². The van der Waals surface area contributed by atoms with E-state index in [0.29, 0.717) is 38.2 Å². The normalized spacial score (nSPS) is 15.3. The van der Waals surface area contributed by atoms with Gasteiger partial charge in [0.05, 0.1) is 4.90 Å². The van der Waals surface area contributed by atoms with Crippen LogP contribution in [0.15, 0.2) is 52.3 Å². The summed E-state index contributed by atoms with van der Waals surface area (Å²) in [5, 5.41) is 6.72. The van der Waals surface area contributed by atoms with Gasteiger partial charge in [-0.3, -0.25) is 9.59 Å².